The first kappa shape index (κ1) is 11.4. The van der Waals surface area contributed by atoms with Crippen LogP contribution in [-0.2, 0) is 0 Å². The largest absolute Gasteiger partial charge is 0.289 e. The minimum atomic E-state index is -0.245. The molecule has 0 aliphatic heterocycles. The molecular formula is C16H9NO2. The van der Waals surface area contributed by atoms with Gasteiger partial charge in [-0.3, -0.25) is 9.59 Å². The maximum atomic E-state index is 12.5. The fourth-order valence-electron chi connectivity index (χ4n) is 2.40. The van der Waals surface area contributed by atoms with Gasteiger partial charge in [-0.25, -0.2) is 0 Å². The van der Waals surface area contributed by atoms with Gasteiger partial charge in [0.25, 0.3) is 0 Å². The van der Waals surface area contributed by atoms with E-state index in [0.29, 0.717) is 16.7 Å². The smallest absolute Gasteiger partial charge is 0.195 e. The van der Waals surface area contributed by atoms with Gasteiger partial charge in [0.2, 0.25) is 0 Å². The number of carbonyl (C=O) groups excluding carboxylic acids is 2. The van der Waals surface area contributed by atoms with Crippen LogP contribution < -0.4 is 0 Å². The number of nitriles is 1. The predicted molar refractivity (Wildman–Crippen MR) is 69.2 cm³/mol. The second kappa shape index (κ2) is 3.89. The highest BCUT2D eigenvalue weighted by atomic mass is 16.1. The van der Waals surface area contributed by atoms with Crippen LogP contribution in [0.4, 0.5) is 0 Å². The fraction of sp³-hybridized carbons (Fsp3) is 0.0625. The number of nitrogens with zero attached hydrogens (tertiary/aromatic N) is 1. The van der Waals surface area contributed by atoms with Crippen LogP contribution in [0.2, 0.25) is 0 Å². The van der Waals surface area contributed by atoms with E-state index in [1.165, 1.54) is 0 Å². The number of hydrogen-bond acceptors (Lipinski definition) is 3. The first-order valence-corrected chi connectivity index (χ1v) is 5.86. The second-order valence-corrected chi connectivity index (χ2v) is 4.55. The zero-order valence-corrected chi connectivity index (χ0v) is 10.2. The molecule has 2 aromatic carbocycles. The molecule has 0 saturated carbocycles. The Balaban J connectivity index is 2.37. The summed E-state index contributed by atoms with van der Waals surface area (Å²) in [5.74, 6) is -0.438. The van der Waals surface area contributed by atoms with Gasteiger partial charge in [0.15, 0.2) is 11.6 Å². The summed E-state index contributed by atoms with van der Waals surface area (Å²) in [6, 6.07) is 11.9. The Hall–Kier alpha value is -2.73. The molecule has 0 aromatic heterocycles. The highest BCUT2D eigenvalue weighted by Gasteiger charge is 2.31. The van der Waals surface area contributed by atoms with E-state index in [2.05, 4.69) is 0 Å². The maximum Gasteiger partial charge on any atom is 0.195 e. The lowest BCUT2D eigenvalue weighted by Gasteiger charge is -2.18. The quantitative estimate of drug-likeness (QED) is 0.613. The Morgan fingerprint density at radius 1 is 0.947 bits per heavy atom. The third-order valence-electron chi connectivity index (χ3n) is 3.32. The number of hydrogen-bond donors (Lipinski definition) is 0. The Kier molecular flexibility index (Phi) is 2.33. The van der Waals surface area contributed by atoms with Crippen molar-refractivity contribution in [1.29, 1.82) is 5.26 Å². The van der Waals surface area contributed by atoms with Crippen LogP contribution in [0.3, 0.4) is 0 Å². The minimum absolute atomic E-state index is 0.193. The first-order valence-electron chi connectivity index (χ1n) is 5.86. The predicted octanol–water partition coefficient (Wildman–Crippen LogP) is 2.64. The number of carbonyl (C=O) groups is 2. The standard InChI is InChI=1S/C16H9NO2/c1-9-5-6-11-13(7-9)16(19)14-10(8-17)3-2-4-12(14)15(11)18/h2-7H,1H3. The molecule has 90 valence electrons. The summed E-state index contributed by atoms with van der Waals surface area (Å²) < 4.78 is 0. The second-order valence-electron chi connectivity index (χ2n) is 4.55. The molecule has 3 rings (SSSR count). The molecule has 2 aromatic rings. The lowest BCUT2D eigenvalue weighted by molar-refractivity contribution is 0.0979. The Morgan fingerprint density at radius 2 is 1.74 bits per heavy atom. The lowest BCUT2D eigenvalue weighted by atomic mass is 9.81. The topological polar surface area (TPSA) is 57.9 Å². The molecule has 0 bridgehead atoms. The Labute approximate surface area is 110 Å². The van der Waals surface area contributed by atoms with E-state index >= 15 is 0 Å². The van der Waals surface area contributed by atoms with Crippen molar-refractivity contribution in [3.05, 3.63) is 69.8 Å². The molecule has 0 spiro atoms. The Bertz CT molecular complexity index is 782. The van der Waals surface area contributed by atoms with Crippen molar-refractivity contribution in [2.45, 2.75) is 6.92 Å². The summed E-state index contributed by atoms with van der Waals surface area (Å²) in [7, 11) is 0. The van der Waals surface area contributed by atoms with Crippen LogP contribution in [0.1, 0.15) is 43.0 Å². The molecular weight excluding hydrogens is 238 g/mol. The van der Waals surface area contributed by atoms with Crippen molar-refractivity contribution < 1.29 is 9.59 Å². The highest BCUT2D eigenvalue weighted by Crippen LogP contribution is 2.29. The molecule has 3 heteroatoms. The van der Waals surface area contributed by atoms with Gasteiger partial charge >= 0.3 is 0 Å². The first-order chi connectivity index (χ1) is 9.13. The summed E-state index contributed by atoms with van der Waals surface area (Å²) in [5, 5.41) is 9.09. The zero-order valence-electron chi connectivity index (χ0n) is 10.2. The van der Waals surface area contributed by atoms with Gasteiger partial charge in [-0.15, -0.1) is 0 Å². The van der Waals surface area contributed by atoms with Crippen LogP contribution in [-0.4, -0.2) is 11.6 Å². The maximum absolute atomic E-state index is 12.5. The van der Waals surface area contributed by atoms with E-state index in [4.69, 9.17) is 5.26 Å². The molecule has 0 amide bonds. The third-order valence-corrected chi connectivity index (χ3v) is 3.32. The van der Waals surface area contributed by atoms with Crippen molar-refractivity contribution in [1.82, 2.24) is 0 Å². The molecule has 1 aliphatic carbocycles. The third kappa shape index (κ3) is 1.50. The van der Waals surface area contributed by atoms with Gasteiger partial charge in [-0.2, -0.15) is 5.26 Å². The van der Waals surface area contributed by atoms with Crippen molar-refractivity contribution in [2.24, 2.45) is 0 Å². The lowest BCUT2D eigenvalue weighted by Crippen LogP contribution is -2.22. The molecule has 0 atom stereocenters. The SMILES string of the molecule is Cc1ccc2c(c1)C(=O)c1c(C#N)cccc1C2=O. The van der Waals surface area contributed by atoms with Gasteiger partial charge in [0.05, 0.1) is 17.2 Å². The summed E-state index contributed by atoms with van der Waals surface area (Å²) >= 11 is 0. The van der Waals surface area contributed by atoms with Gasteiger partial charge < -0.3 is 0 Å². The van der Waals surface area contributed by atoms with Crippen LogP contribution in [0, 0.1) is 18.3 Å². The van der Waals surface area contributed by atoms with E-state index in [-0.39, 0.29) is 22.7 Å². The highest BCUT2D eigenvalue weighted by molar-refractivity contribution is 6.29. The normalized spacial score (nSPS) is 12.6. The van der Waals surface area contributed by atoms with Gasteiger partial charge in [-0.05, 0) is 19.1 Å². The monoisotopic (exact) mass is 247 g/mol. The van der Waals surface area contributed by atoms with Crippen molar-refractivity contribution in [3.8, 4) is 6.07 Å². The van der Waals surface area contributed by atoms with Gasteiger partial charge in [0.1, 0.15) is 0 Å². The average Bonchev–Trinajstić information content (AvgIpc) is 2.43. The van der Waals surface area contributed by atoms with Crippen LogP contribution in [0.15, 0.2) is 36.4 Å². The number of fused-ring (bicyclic) bond motifs is 2. The zero-order chi connectivity index (χ0) is 13.6. The van der Waals surface area contributed by atoms with Crippen LogP contribution in [0.25, 0.3) is 0 Å². The summed E-state index contributed by atoms with van der Waals surface area (Å²) in [6.45, 7) is 1.86. The molecule has 0 N–H and O–H groups in total. The van der Waals surface area contributed by atoms with E-state index < -0.39 is 0 Å². The molecule has 0 radical (unpaired) electrons. The van der Waals surface area contributed by atoms with Gasteiger partial charge in [-0.1, -0.05) is 29.8 Å². The molecule has 0 fully saturated rings. The van der Waals surface area contributed by atoms with E-state index in [0.717, 1.165) is 5.56 Å². The molecule has 19 heavy (non-hydrogen) atoms. The number of benzene rings is 2. The van der Waals surface area contributed by atoms with Crippen LogP contribution in [0.5, 0.6) is 0 Å². The fourth-order valence-corrected chi connectivity index (χ4v) is 2.40. The number of ketones is 2. The molecule has 1 aliphatic rings. The van der Waals surface area contributed by atoms with Crippen molar-refractivity contribution in [2.75, 3.05) is 0 Å². The molecule has 0 saturated heterocycles. The minimum Gasteiger partial charge on any atom is -0.289 e. The van der Waals surface area contributed by atoms with E-state index in [1.807, 2.05) is 19.1 Å². The number of aryl methyl sites for hydroxylation is 1. The molecule has 3 nitrogen and oxygen atoms in total. The van der Waals surface area contributed by atoms with E-state index in [9.17, 15) is 9.59 Å². The Morgan fingerprint density at radius 3 is 2.47 bits per heavy atom. The summed E-state index contributed by atoms with van der Waals surface area (Å²) in [5.41, 5.74) is 2.52. The average molecular weight is 247 g/mol. The molecule has 0 heterocycles. The number of rotatable bonds is 0. The summed E-state index contributed by atoms with van der Waals surface area (Å²) in [6.07, 6.45) is 0. The van der Waals surface area contributed by atoms with Crippen molar-refractivity contribution >= 4 is 11.6 Å². The van der Waals surface area contributed by atoms with Crippen molar-refractivity contribution in [3.63, 3.8) is 0 Å². The molecule has 0 unspecified atom stereocenters. The van der Waals surface area contributed by atoms with Gasteiger partial charge in [0, 0.05) is 16.7 Å². The summed E-state index contributed by atoms with van der Waals surface area (Å²) in [4.78, 5) is 24.9. The van der Waals surface area contributed by atoms with Crippen LogP contribution >= 0.6 is 0 Å². The van der Waals surface area contributed by atoms with E-state index in [1.54, 1.807) is 30.3 Å².